The SMILES string of the molecule is CN(CCN1CCCC1)C(=O)c1cccnc1Oc1ccc(Br)cc1. The van der Waals surface area contributed by atoms with Crippen LogP contribution in [0.15, 0.2) is 47.1 Å². The van der Waals surface area contributed by atoms with Crippen molar-refractivity contribution >= 4 is 21.8 Å². The van der Waals surface area contributed by atoms with Crippen LogP contribution in [-0.4, -0.2) is 53.9 Å². The van der Waals surface area contributed by atoms with Gasteiger partial charge in [0.1, 0.15) is 11.3 Å². The molecule has 0 radical (unpaired) electrons. The largest absolute Gasteiger partial charge is 0.438 e. The molecule has 6 heteroatoms. The van der Waals surface area contributed by atoms with E-state index >= 15 is 0 Å². The molecule has 1 saturated heterocycles. The molecule has 0 saturated carbocycles. The van der Waals surface area contributed by atoms with Crippen LogP contribution in [0.4, 0.5) is 0 Å². The van der Waals surface area contributed by atoms with Gasteiger partial charge in [-0.3, -0.25) is 4.79 Å². The fourth-order valence-corrected chi connectivity index (χ4v) is 3.12. The van der Waals surface area contributed by atoms with Crippen molar-refractivity contribution in [2.24, 2.45) is 0 Å². The minimum atomic E-state index is -0.0700. The molecule has 5 nitrogen and oxygen atoms in total. The summed E-state index contributed by atoms with van der Waals surface area (Å²) < 4.78 is 6.79. The summed E-state index contributed by atoms with van der Waals surface area (Å²) >= 11 is 3.40. The molecule has 3 rings (SSSR count). The Balaban J connectivity index is 1.68. The zero-order valence-electron chi connectivity index (χ0n) is 14.3. The molecule has 0 N–H and O–H groups in total. The van der Waals surface area contributed by atoms with Gasteiger partial charge in [-0.2, -0.15) is 0 Å². The van der Waals surface area contributed by atoms with E-state index in [9.17, 15) is 4.79 Å². The minimum Gasteiger partial charge on any atom is -0.438 e. The summed E-state index contributed by atoms with van der Waals surface area (Å²) in [5.41, 5.74) is 0.481. The Labute approximate surface area is 156 Å². The number of carbonyl (C=O) groups is 1. The van der Waals surface area contributed by atoms with Crippen LogP contribution in [-0.2, 0) is 0 Å². The maximum Gasteiger partial charge on any atom is 0.259 e. The second-order valence-electron chi connectivity index (χ2n) is 6.19. The van der Waals surface area contributed by atoms with E-state index in [4.69, 9.17) is 4.74 Å². The van der Waals surface area contributed by atoms with Crippen LogP contribution >= 0.6 is 15.9 Å². The summed E-state index contributed by atoms with van der Waals surface area (Å²) in [6.07, 6.45) is 4.14. The van der Waals surface area contributed by atoms with Gasteiger partial charge >= 0.3 is 0 Å². The Morgan fingerprint density at radius 2 is 1.96 bits per heavy atom. The Morgan fingerprint density at radius 1 is 1.24 bits per heavy atom. The summed E-state index contributed by atoms with van der Waals surface area (Å²) in [7, 11) is 1.83. The number of carbonyl (C=O) groups excluding carboxylic acids is 1. The van der Waals surface area contributed by atoms with Gasteiger partial charge in [-0.15, -0.1) is 0 Å². The van der Waals surface area contributed by atoms with Gasteiger partial charge < -0.3 is 14.5 Å². The Morgan fingerprint density at radius 3 is 2.68 bits per heavy atom. The molecule has 1 aromatic carbocycles. The Hall–Kier alpha value is -1.92. The maximum absolute atomic E-state index is 12.8. The predicted octanol–water partition coefficient (Wildman–Crippen LogP) is 3.80. The van der Waals surface area contributed by atoms with Crippen molar-refractivity contribution in [3.63, 3.8) is 0 Å². The molecule has 0 bridgehead atoms. The van der Waals surface area contributed by atoms with Crippen LogP contribution in [0.25, 0.3) is 0 Å². The first-order chi connectivity index (χ1) is 12.1. The molecule has 25 heavy (non-hydrogen) atoms. The lowest BCUT2D eigenvalue weighted by Crippen LogP contribution is -2.35. The summed E-state index contributed by atoms with van der Waals surface area (Å²) in [4.78, 5) is 21.2. The van der Waals surface area contributed by atoms with Crippen LogP contribution in [0, 0.1) is 0 Å². The zero-order chi connectivity index (χ0) is 17.6. The lowest BCUT2D eigenvalue weighted by atomic mass is 10.2. The topological polar surface area (TPSA) is 45.7 Å². The second-order valence-corrected chi connectivity index (χ2v) is 7.10. The first kappa shape index (κ1) is 17.9. The lowest BCUT2D eigenvalue weighted by Gasteiger charge is -2.22. The van der Waals surface area contributed by atoms with Crippen molar-refractivity contribution in [1.29, 1.82) is 0 Å². The van der Waals surface area contributed by atoms with Crippen LogP contribution in [0.1, 0.15) is 23.2 Å². The highest BCUT2D eigenvalue weighted by molar-refractivity contribution is 9.10. The van der Waals surface area contributed by atoms with E-state index in [1.165, 1.54) is 12.8 Å². The molecule has 1 fully saturated rings. The van der Waals surface area contributed by atoms with E-state index in [1.807, 2.05) is 31.3 Å². The van der Waals surface area contributed by atoms with E-state index in [1.54, 1.807) is 23.2 Å². The van der Waals surface area contributed by atoms with Crippen molar-refractivity contribution in [3.8, 4) is 11.6 Å². The number of halogens is 1. The first-order valence-electron chi connectivity index (χ1n) is 8.50. The molecule has 1 aliphatic heterocycles. The molecule has 1 amide bonds. The van der Waals surface area contributed by atoms with E-state index in [0.29, 0.717) is 23.7 Å². The summed E-state index contributed by atoms with van der Waals surface area (Å²) in [6, 6.07) is 11.0. The number of rotatable bonds is 6. The molecular weight excluding hydrogens is 382 g/mol. The molecule has 0 spiro atoms. The lowest BCUT2D eigenvalue weighted by molar-refractivity contribution is 0.0779. The van der Waals surface area contributed by atoms with E-state index < -0.39 is 0 Å². The average Bonchev–Trinajstić information content (AvgIpc) is 3.15. The van der Waals surface area contributed by atoms with Crippen LogP contribution in [0.5, 0.6) is 11.6 Å². The standard InChI is InChI=1S/C19H22BrN3O2/c1-22(13-14-23-11-2-3-12-23)19(24)17-5-4-10-21-18(17)25-16-8-6-15(20)7-9-16/h4-10H,2-3,11-14H2,1H3. The van der Waals surface area contributed by atoms with Crippen LogP contribution in [0.2, 0.25) is 0 Å². The van der Waals surface area contributed by atoms with Gasteiger partial charge in [-0.05, 0) is 62.3 Å². The van der Waals surface area contributed by atoms with Crippen molar-refractivity contribution in [2.75, 3.05) is 33.2 Å². The number of pyridine rings is 1. The number of aromatic nitrogens is 1. The summed E-state index contributed by atoms with van der Waals surface area (Å²) in [5.74, 6) is 0.915. The van der Waals surface area contributed by atoms with Crippen molar-refractivity contribution in [3.05, 3.63) is 52.6 Å². The number of ether oxygens (including phenoxy) is 1. The van der Waals surface area contributed by atoms with Gasteiger partial charge in [0, 0.05) is 30.8 Å². The normalized spacial score (nSPS) is 14.5. The van der Waals surface area contributed by atoms with Crippen molar-refractivity contribution in [1.82, 2.24) is 14.8 Å². The summed E-state index contributed by atoms with van der Waals surface area (Å²) in [5, 5.41) is 0. The maximum atomic E-state index is 12.8. The molecule has 1 aliphatic rings. The fourth-order valence-electron chi connectivity index (χ4n) is 2.85. The van der Waals surface area contributed by atoms with Gasteiger partial charge in [0.25, 0.3) is 5.91 Å². The summed E-state index contributed by atoms with van der Waals surface area (Å²) in [6.45, 7) is 3.87. The minimum absolute atomic E-state index is 0.0700. The van der Waals surface area contributed by atoms with Crippen LogP contribution < -0.4 is 4.74 Å². The monoisotopic (exact) mass is 403 g/mol. The number of likely N-dealkylation sites (N-methyl/N-ethyl adjacent to an activating group) is 1. The third-order valence-electron chi connectivity index (χ3n) is 4.33. The second kappa shape index (κ2) is 8.45. The predicted molar refractivity (Wildman–Crippen MR) is 101 cm³/mol. The third kappa shape index (κ3) is 4.80. The number of likely N-dealkylation sites (tertiary alicyclic amines) is 1. The molecule has 0 atom stereocenters. The molecule has 2 aromatic rings. The quantitative estimate of drug-likeness (QED) is 0.735. The molecule has 0 aliphatic carbocycles. The van der Waals surface area contributed by atoms with Crippen molar-refractivity contribution in [2.45, 2.75) is 12.8 Å². The number of nitrogens with zero attached hydrogens (tertiary/aromatic N) is 3. The van der Waals surface area contributed by atoms with Crippen LogP contribution in [0.3, 0.4) is 0 Å². The molecule has 0 unspecified atom stereocenters. The first-order valence-corrected chi connectivity index (χ1v) is 9.29. The van der Waals surface area contributed by atoms with Gasteiger partial charge in [0.15, 0.2) is 0 Å². The van der Waals surface area contributed by atoms with Gasteiger partial charge in [-0.1, -0.05) is 15.9 Å². The number of benzene rings is 1. The van der Waals surface area contributed by atoms with Gasteiger partial charge in [0.2, 0.25) is 5.88 Å². The smallest absolute Gasteiger partial charge is 0.259 e. The van der Waals surface area contributed by atoms with E-state index in [0.717, 1.165) is 24.1 Å². The molecule has 1 aromatic heterocycles. The third-order valence-corrected chi connectivity index (χ3v) is 4.86. The van der Waals surface area contributed by atoms with Gasteiger partial charge in [0.05, 0.1) is 0 Å². The number of amides is 1. The average molecular weight is 404 g/mol. The molecule has 2 heterocycles. The van der Waals surface area contributed by atoms with E-state index in [-0.39, 0.29) is 5.91 Å². The zero-order valence-corrected chi connectivity index (χ0v) is 15.9. The van der Waals surface area contributed by atoms with Gasteiger partial charge in [-0.25, -0.2) is 4.98 Å². The highest BCUT2D eigenvalue weighted by Gasteiger charge is 2.19. The van der Waals surface area contributed by atoms with Crippen molar-refractivity contribution < 1.29 is 9.53 Å². The van der Waals surface area contributed by atoms with E-state index in [2.05, 4.69) is 25.8 Å². The highest BCUT2D eigenvalue weighted by atomic mass is 79.9. The Kier molecular flexibility index (Phi) is 6.04. The fraction of sp³-hybridized carbons (Fsp3) is 0.368. The number of hydrogen-bond acceptors (Lipinski definition) is 4. The molecular formula is C19H22BrN3O2. The highest BCUT2D eigenvalue weighted by Crippen LogP contribution is 2.25. The molecule has 132 valence electrons. The Bertz CT molecular complexity index is 715. The number of hydrogen-bond donors (Lipinski definition) is 0.